The molecule has 0 bridgehead atoms. The summed E-state index contributed by atoms with van der Waals surface area (Å²) in [4.78, 5) is 39.9. The Morgan fingerprint density at radius 1 is 0.857 bits per heavy atom. The van der Waals surface area contributed by atoms with Gasteiger partial charge in [-0.1, -0.05) is 60.7 Å². The molecule has 0 saturated heterocycles. The number of nitrogens with one attached hydrogen (secondary N) is 3. The molecule has 0 radical (unpaired) electrons. The van der Waals surface area contributed by atoms with Gasteiger partial charge in [0.05, 0.1) is 19.0 Å². The number of carboxylic acids is 1. The fourth-order valence-electron chi connectivity index (χ4n) is 3.41. The number of benzene rings is 2. The second-order valence-corrected chi connectivity index (χ2v) is 7.73. The average Bonchev–Trinajstić information content (AvgIpc) is 2.86. The molecule has 8 nitrogen and oxygen atoms in total. The zero-order valence-electron chi connectivity index (χ0n) is 18.7. The molecule has 1 heterocycles. The summed E-state index contributed by atoms with van der Waals surface area (Å²) in [6, 6.07) is 22.1. The van der Waals surface area contributed by atoms with E-state index in [4.69, 9.17) is 0 Å². The maximum atomic E-state index is 12.4. The predicted octanol–water partition coefficient (Wildman–Crippen LogP) is 2.74. The molecule has 0 saturated carbocycles. The molecule has 0 fully saturated rings. The van der Waals surface area contributed by atoms with E-state index in [0.717, 1.165) is 16.9 Å². The Labute approximate surface area is 226 Å². The molecule has 35 heavy (non-hydrogen) atoms. The summed E-state index contributed by atoms with van der Waals surface area (Å²) in [5, 5.41) is 17.7. The molecule has 3 rings (SSSR count). The van der Waals surface area contributed by atoms with Crippen LogP contribution in [0.4, 0.5) is 5.82 Å². The van der Waals surface area contributed by atoms with Crippen LogP contribution < -0.4 is 16.0 Å². The third kappa shape index (κ3) is 9.90. The van der Waals surface area contributed by atoms with Gasteiger partial charge in [-0.15, -0.1) is 0 Å². The summed E-state index contributed by atoms with van der Waals surface area (Å²) in [7, 11) is 0. The van der Waals surface area contributed by atoms with Crippen LogP contribution >= 0.6 is 0 Å². The first-order chi connectivity index (χ1) is 16.5. The Bertz CT molecular complexity index is 1080. The quantitative estimate of drug-likeness (QED) is 0.232. The topological polar surface area (TPSA) is 120 Å². The molecule has 1 atom stereocenters. The van der Waals surface area contributed by atoms with Gasteiger partial charge in [-0.05, 0) is 35.2 Å². The molecule has 0 aliphatic heterocycles. The van der Waals surface area contributed by atoms with Crippen LogP contribution in [0.25, 0.3) is 11.1 Å². The Morgan fingerprint density at radius 2 is 1.54 bits per heavy atom. The van der Waals surface area contributed by atoms with E-state index in [1.165, 1.54) is 0 Å². The number of hydrogen-bond donors (Lipinski definition) is 4. The Kier molecular flexibility index (Phi) is 12.0. The first-order valence-corrected chi connectivity index (χ1v) is 11.1. The SMILES string of the molecule is O=C(O)CC(NC(=O)CNC(=O)CCCNc1ccccn1)c1ccc(-c2ccccc2)cc1.[NaH]. The molecule has 0 aliphatic carbocycles. The van der Waals surface area contributed by atoms with Gasteiger partial charge < -0.3 is 21.1 Å². The van der Waals surface area contributed by atoms with Crippen molar-refractivity contribution < 1.29 is 19.5 Å². The first kappa shape index (κ1) is 28.0. The number of hydrogen-bond acceptors (Lipinski definition) is 5. The monoisotopic (exact) mass is 484 g/mol. The summed E-state index contributed by atoms with van der Waals surface area (Å²) in [6.07, 6.45) is 2.26. The van der Waals surface area contributed by atoms with Crippen LogP contribution in [0, 0.1) is 0 Å². The number of amides is 2. The number of aromatic nitrogens is 1. The Morgan fingerprint density at radius 3 is 2.20 bits per heavy atom. The van der Waals surface area contributed by atoms with Crippen molar-refractivity contribution in [3.8, 4) is 11.1 Å². The molecular formula is C26H29N4NaO4. The fraction of sp³-hybridized carbons (Fsp3) is 0.231. The molecule has 2 amide bonds. The molecule has 0 spiro atoms. The molecule has 2 aromatic carbocycles. The summed E-state index contributed by atoms with van der Waals surface area (Å²) >= 11 is 0. The van der Waals surface area contributed by atoms with Crippen LogP contribution in [-0.2, 0) is 14.4 Å². The van der Waals surface area contributed by atoms with Gasteiger partial charge in [0.2, 0.25) is 11.8 Å². The van der Waals surface area contributed by atoms with Crippen molar-refractivity contribution in [3.63, 3.8) is 0 Å². The predicted molar refractivity (Wildman–Crippen MR) is 137 cm³/mol. The second-order valence-electron chi connectivity index (χ2n) is 7.73. The third-order valence-corrected chi connectivity index (χ3v) is 5.13. The zero-order chi connectivity index (χ0) is 24.2. The molecule has 4 N–H and O–H groups in total. The summed E-state index contributed by atoms with van der Waals surface area (Å²) in [6.45, 7) is 0.362. The van der Waals surface area contributed by atoms with Crippen molar-refractivity contribution >= 4 is 53.2 Å². The van der Waals surface area contributed by atoms with Crippen LogP contribution in [0.15, 0.2) is 79.0 Å². The van der Waals surface area contributed by atoms with Crippen molar-refractivity contribution in [2.45, 2.75) is 25.3 Å². The molecule has 0 aliphatic rings. The zero-order valence-corrected chi connectivity index (χ0v) is 18.7. The van der Waals surface area contributed by atoms with Crippen LogP contribution in [-0.4, -0.2) is 70.5 Å². The third-order valence-electron chi connectivity index (χ3n) is 5.13. The number of carboxylic acid groups (broad SMARTS) is 1. The van der Waals surface area contributed by atoms with Crippen molar-refractivity contribution in [1.82, 2.24) is 15.6 Å². The van der Waals surface area contributed by atoms with E-state index < -0.39 is 17.9 Å². The second kappa shape index (κ2) is 14.9. The van der Waals surface area contributed by atoms with Gasteiger partial charge in [0.25, 0.3) is 0 Å². The number of nitrogens with zero attached hydrogens (tertiary/aromatic N) is 1. The van der Waals surface area contributed by atoms with Crippen molar-refractivity contribution in [3.05, 3.63) is 84.6 Å². The molecule has 178 valence electrons. The van der Waals surface area contributed by atoms with Crippen molar-refractivity contribution in [2.75, 3.05) is 18.4 Å². The van der Waals surface area contributed by atoms with E-state index in [1.54, 1.807) is 6.20 Å². The van der Waals surface area contributed by atoms with E-state index in [-0.39, 0.29) is 54.9 Å². The van der Waals surface area contributed by atoms with Gasteiger partial charge in [-0.25, -0.2) is 4.98 Å². The van der Waals surface area contributed by atoms with E-state index >= 15 is 0 Å². The maximum absolute atomic E-state index is 12.4. The standard InChI is InChI=1S/C26H28N4O4.Na.H/c31-24(10-6-16-28-23-9-4-5-15-27-23)29-18-25(32)30-22(17-26(33)34)21-13-11-20(12-14-21)19-7-2-1-3-8-19;;/h1-5,7-9,11-15,22H,6,10,16-18H2,(H,27,28)(H,29,31)(H,30,32)(H,33,34);;. The fourth-order valence-corrected chi connectivity index (χ4v) is 3.41. The minimum atomic E-state index is -1.03. The van der Waals surface area contributed by atoms with Crippen molar-refractivity contribution in [1.29, 1.82) is 0 Å². The van der Waals surface area contributed by atoms with Gasteiger partial charge in [0, 0.05) is 19.2 Å². The number of aliphatic carboxylic acids is 1. The molecule has 1 aromatic heterocycles. The minimum absolute atomic E-state index is 0. The number of anilines is 1. The number of rotatable bonds is 12. The Hall–Kier alpha value is -3.20. The molecule has 1 unspecified atom stereocenters. The van der Waals surface area contributed by atoms with Crippen molar-refractivity contribution in [2.24, 2.45) is 0 Å². The number of pyridine rings is 1. The van der Waals surface area contributed by atoms with E-state index in [2.05, 4.69) is 20.9 Å². The average molecular weight is 485 g/mol. The van der Waals surface area contributed by atoms with Gasteiger partial charge in [0.1, 0.15) is 5.82 Å². The summed E-state index contributed by atoms with van der Waals surface area (Å²) in [5.74, 6) is -0.983. The van der Waals surface area contributed by atoms with Crippen LogP contribution in [0.5, 0.6) is 0 Å². The molecular weight excluding hydrogens is 455 g/mol. The summed E-state index contributed by atoms with van der Waals surface area (Å²) < 4.78 is 0. The molecule has 9 heteroatoms. The van der Waals surface area contributed by atoms with Crippen LogP contribution in [0.1, 0.15) is 30.9 Å². The van der Waals surface area contributed by atoms with E-state index in [1.807, 2.05) is 72.8 Å². The molecule has 3 aromatic rings. The normalized spacial score (nSPS) is 11.0. The van der Waals surface area contributed by atoms with Gasteiger partial charge in [0.15, 0.2) is 0 Å². The van der Waals surface area contributed by atoms with Gasteiger partial charge >= 0.3 is 35.5 Å². The van der Waals surface area contributed by atoms with Crippen LogP contribution in [0.3, 0.4) is 0 Å². The first-order valence-electron chi connectivity index (χ1n) is 11.1. The van der Waals surface area contributed by atoms with Gasteiger partial charge in [-0.2, -0.15) is 0 Å². The Balaban J connectivity index is 0.00000432. The number of carbonyl (C=O) groups is 3. The number of carbonyl (C=O) groups excluding carboxylic acids is 2. The van der Waals surface area contributed by atoms with E-state index in [9.17, 15) is 19.5 Å². The van der Waals surface area contributed by atoms with Crippen LogP contribution in [0.2, 0.25) is 0 Å². The van der Waals surface area contributed by atoms with Gasteiger partial charge in [-0.3, -0.25) is 14.4 Å². The summed E-state index contributed by atoms with van der Waals surface area (Å²) in [5.41, 5.74) is 2.72. The van der Waals surface area contributed by atoms with E-state index in [0.29, 0.717) is 18.5 Å².